The molecule has 2 N–H and O–H groups in total. The Morgan fingerprint density at radius 3 is 2.72 bits per heavy atom. The fourth-order valence-electron chi connectivity index (χ4n) is 2.53. The first-order valence-corrected chi connectivity index (χ1v) is 6.73. The number of nitrogens with one attached hydrogen (secondary N) is 1. The molecule has 0 radical (unpaired) electrons. The van der Waals surface area contributed by atoms with Crippen LogP contribution < -0.4 is 5.32 Å². The first-order chi connectivity index (χ1) is 8.52. The maximum Gasteiger partial charge on any atom is 0.323 e. The van der Waals surface area contributed by atoms with Crippen molar-refractivity contribution in [1.29, 1.82) is 0 Å². The van der Waals surface area contributed by atoms with Crippen LogP contribution in [0.2, 0.25) is 0 Å². The highest BCUT2D eigenvalue weighted by Gasteiger charge is 2.39. The summed E-state index contributed by atoms with van der Waals surface area (Å²) in [5.74, 6) is -0.732. The summed E-state index contributed by atoms with van der Waals surface area (Å²) in [6, 6.07) is 0.480. The van der Waals surface area contributed by atoms with Crippen molar-refractivity contribution < 1.29 is 14.6 Å². The molecule has 0 spiro atoms. The molecule has 1 aliphatic heterocycles. The van der Waals surface area contributed by atoms with E-state index in [0.717, 1.165) is 19.5 Å². The maximum absolute atomic E-state index is 11.6. The molecule has 1 unspecified atom stereocenters. The third kappa shape index (κ3) is 3.93. The summed E-state index contributed by atoms with van der Waals surface area (Å²) < 4.78 is 4.98. The number of hydrogen-bond acceptors (Lipinski definition) is 4. The summed E-state index contributed by atoms with van der Waals surface area (Å²) in [7, 11) is 1.63. The van der Waals surface area contributed by atoms with E-state index in [1.807, 2.05) is 0 Å². The molecule has 1 heterocycles. The standard InChI is InChI=1S/C13H26N2O3/c1-11(2)15-8-4-5-13(6-9-15,12(16)17)14-7-10-18-3/h11,14H,4-10H2,1-3H3,(H,16,17). The molecule has 5 nitrogen and oxygen atoms in total. The highest BCUT2D eigenvalue weighted by Crippen LogP contribution is 2.23. The largest absolute Gasteiger partial charge is 0.480 e. The fraction of sp³-hybridized carbons (Fsp3) is 0.923. The van der Waals surface area contributed by atoms with Gasteiger partial charge in [-0.15, -0.1) is 0 Å². The Balaban J connectivity index is 2.64. The maximum atomic E-state index is 11.6. The van der Waals surface area contributed by atoms with E-state index in [2.05, 4.69) is 24.1 Å². The predicted molar refractivity (Wildman–Crippen MR) is 70.8 cm³/mol. The molecule has 1 aliphatic rings. The molecule has 1 fully saturated rings. The molecule has 0 aromatic rings. The minimum atomic E-state index is -0.776. The highest BCUT2D eigenvalue weighted by atomic mass is 16.5. The topological polar surface area (TPSA) is 61.8 Å². The number of carboxylic acid groups (broad SMARTS) is 1. The molecule has 0 aromatic carbocycles. The molecule has 0 bridgehead atoms. The summed E-state index contributed by atoms with van der Waals surface area (Å²) >= 11 is 0. The number of aliphatic carboxylic acids is 1. The van der Waals surface area contributed by atoms with Crippen molar-refractivity contribution in [1.82, 2.24) is 10.2 Å². The van der Waals surface area contributed by atoms with Crippen LogP contribution in [0.4, 0.5) is 0 Å². The SMILES string of the molecule is COCCNC1(C(=O)O)CCCN(C(C)C)CC1. The van der Waals surface area contributed by atoms with E-state index < -0.39 is 11.5 Å². The van der Waals surface area contributed by atoms with Crippen LogP contribution in [0.5, 0.6) is 0 Å². The Morgan fingerprint density at radius 1 is 1.44 bits per heavy atom. The molecular weight excluding hydrogens is 232 g/mol. The number of likely N-dealkylation sites (tertiary alicyclic amines) is 1. The van der Waals surface area contributed by atoms with Gasteiger partial charge in [0.1, 0.15) is 5.54 Å². The number of carbonyl (C=O) groups is 1. The zero-order valence-electron chi connectivity index (χ0n) is 11.7. The van der Waals surface area contributed by atoms with Crippen molar-refractivity contribution in [2.75, 3.05) is 33.4 Å². The lowest BCUT2D eigenvalue weighted by atomic mass is 9.90. The first kappa shape index (κ1) is 15.4. The van der Waals surface area contributed by atoms with Crippen molar-refractivity contribution in [3.8, 4) is 0 Å². The van der Waals surface area contributed by atoms with Gasteiger partial charge in [-0.3, -0.25) is 10.1 Å². The normalized spacial score (nSPS) is 26.2. The van der Waals surface area contributed by atoms with Crippen LogP contribution >= 0.6 is 0 Å². The molecule has 1 rings (SSSR count). The van der Waals surface area contributed by atoms with Gasteiger partial charge in [0.05, 0.1) is 6.61 Å². The molecule has 0 saturated carbocycles. The van der Waals surface area contributed by atoms with E-state index in [0.29, 0.717) is 32.0 Å². The van der Waals surface area contributed by atoms with Crippen LogP contribution in [0.1, 0.15) is 33.1 Å². The lowest BCUT2D eigenvalue weighted by molar-refractivity contribution is -0.145. The second-order valence-electron chi connectivity index (χ2n) is 5.29. The average molecular weight is 258 g/mol. The van der Waals surface area contributed by atoms with Gasteiger partial charge in [0.2, 0.25) is 0 Å². The highest BCUT2D eigenvalue weighted by molar-refractivity contribution is 5.78. The third-order valence-electron chi connectivity index (χ3n) is 3.78. The Kier molecular flexibility index (Phi) is 6.05. The summed E-state index contributed by atoms with van der Waals surface area (Å²) in [4.78, 5) is 13.9. The Labute approximate surface area is 109 Å². The van der Waals surface area contributed by atoms with Gasteiger partial charge in [-0.25, -0.2) is 0 Å². The summed E-state index contributed by atoms with van der Waals surface area (Å²) in [5, 5.41) is 12.7. The lowest BCUT2D eigenvalue weighted by Crippen LogP contribution is -2.53. The Bertz CT molecular complexity index is 271. The van der Waals surface area contributed by atoms with Crippen molar-refractivity contribution in [2.24, 2.45) is 0 Å². The lowest BCUT2D eigenvalue weighted by Gasteiger charge is -2.30. The number of ether oxygens (including phenoxy) is 1. The zero-order chi connectivity index (χ0) is 13.6. The molecule has 5 heteroatoms. The number of methoxy groups -OCH3 is 1. The van der Waals surface area contributed by atoms with E-state index in [1.54, 1.807) is 7.11 Å². The molecule has 1 saturated heterocycles. The van der Waals surface area contributed by atoms with Crippen molar-refractivity contribution in [2.45, 2.75) is 44.7 Å². The van der Waals surface area contributed by atoms with Crippen LogP contribution in [0, 0.1) is 0 Å². The molecular formula is C13H26N2O3. The van der Waals surface area contributed by atoms with Crippen molar-refractivity contribution in [3.63, 3.8) is 0 Å². The monoisotopic (exact) mass is 258 g/mol. The van der Waals surface area contributed by atoms with Crippen LogP contribution in [-0.4, -0.2) is 60.9 Å². The van der Waals surface area contributed by atoms with Crippen molar-refractivity contribution in [3.05, 3.63) is 0 Å². The van der Waals surface area contributed by atoms with Gasteiger partial charge in [0.15, 0.2) is 0 Å². The van der Waals surface area contributed by atoms with E-state index in [9.17, 15) is 9.90 Å². The molecule has 18 heavy (non-hydrogen) atoms. The van der Waals surface area contributed by atoms with Crippen molar-refractivity contribution >= 4 is 5.97 Å². The fourth-order valence-corrected chi connectivity index (χ4v) is 2.53. The van der Waals surface area contributed by atoms with Gasteiger partial charge < -0.3 is 14.7 Å². The van der Waals surface area contributed by atoms with Crippen LogP contribution in [0.15, 0.2) is 0 Å². The van der Waals surface area contributed by atoms with E-state index in [-0.39, 0.29) is 0 Å². The molecule has 106 valence electrons. The van der Waals surface area contributed by atoms with Gasteiger partial charge >= 0.3 is 5.97 Å². The molecule has 0 aliphatic carbocycles. The average Bonchev–Trinajstić information content (AvgIpc) is 2.53. The zero-order valence-corrected chi connectivity index (χ0v) is 11.7. The molecule has 0 aromatic heterocycles. The summed E-state index contributed by atoms with van der Waals surface area (Å²) in [5.41, 5.74) is -0.776. The second-order valence-corrected chi connectivity index (χ2v) is 5.29. The summed E-state index contributed by atoms with van der Waals surface area (Å²) in [6.45, 7) is 7.27. The smallest absolute Gasteiger partial charge is 0.323 e. The number of hydrogen-bond donors (Lipinski definition) is 2. The minimum absolute atomic E-state index is 0.480. The summed E-state index contributed by atoms with van der Waals surface area (Å²) in [6.07, 6.45) is 2.27. The third-order valence-corrected chi connectivity index (χ3v) is 3.78. The first-order valence-electron chi connectivity index (χ1n) is 6.73. The van der Waals surface area contributed by atoms with E-state index in [1.165, 1.54) is 0 Å². The van der Waals surface area contributed by atoms with E-state index >= 15 is 0 Å². The quantitative estimate of drug-likeness (QED) is 0.694. The Hall–Kier alpha value is -0.650. The van der Waals surface area contributed by atoms with Gasteiger partial charge in [0.25, 0.3) is 0 Å². The Morgan fingerprint density at radius 2 is 2.17 bits per heavy atom. The minimum Gasteiger partial charge on any atom is -0.480 e. The second kappa shape index (κ2) is 7.07. The van der Waals surface area contributed by atoms with Crippen LogP contribution in [-0.2, 0) is 9.53 Å². The van der Waals surface area contributed by atoms with Gasteiger partial charge in [-0.2, -0.15) is 0 Å². The van der Waals surface area contributed by atoms with Gasteiger partial charge in [-0.05, 0) is 39.7 Å². The van der Waals surface area contributed by atoms with Gasteiger partial charge in [0, 0.05) is 26.2 Å². The number of carboxylic acids is 1. The molecule has 1 atom stereocenters. The van der Waals surface area contributed by atoms with Gasteiger partial charge in [-0.1, -0.05) is 0 Å². The number of nitrogens with zero attached hydrogens (tertiary/aromatic N) is 1. The van der Waals surface area contributed by atoms with Crippen LogP contribution in [0.25, 0.3) is 0 Å². The van der Waals surface area contributed by atoms with E-state index in [4.69, 9.17) is 4.74 Å². The predicted octanol–water partition coefficient (Wildman–Crippen LogP) is 0.940. The van der Waals surface area contributed by atoms with Crippen LogP contribution in [0.3, 0.4) is 0 Å². The molecule has 0 amide bonds. The number of rotatable bonds is 6.